The van der Waals surface area contributed by atoms with Crippen molar-refractivity contribution in [3.63, 3.8) is 0 Å². The SMILES string of the molecule is C=C(C(=O)OC)[C@@H](NS(=O)(=O)c1ccc(C)cc1)c1ccc(OC)cc1. The summed E-state index contributed by atoms with van der Waals surface area (Å²) in [5, 5.41) is 0. The lowest BCUT2D eigenvalue weighted by molar-refractivity contribution is -0.136. The van der Waals surface area contributed by atoms with Gasteiger partial charge in [-0.15, -0.1) is 0 Å². The lowest BCUT2D eigenvalue weighted by atomic mass is 10.0. The molecule has 2 aromatic carbocycles. The maximum atomic E-state index is 12.7. The van der Waals surface area contributed by atoms with Crippen LogP contribution in [0.1, 0.15) is 17.2 Å². The van der Waals surface area contributed by atoms with E-state index in [1.54, 1.807) is 36.4 Å². The Bertz CT molecular complexity index is 887. The summed E-state index contributed by atoms with van der Waals surface area (Å²) in [6.45, 7) is 5.57. The molecule has 1 N–H and O–H groups in total. The molecule has 6 nitrogen and oxygen atoms in total. The minimum Gasteiger partial charge on any atom is -0.497 e. The first-order valence-corrected chi connectivity index (χ1v) is 9.27. The van der Waals surface area contributed by atoms with E-state index in [2.05, 4.69) is 11.3 Å². The summed E-state index contributed by atoms with van der Waals surface area (Å²) in [6.07, 6.45) is 0. The molecule has 2 aromatic rings. The predicted molar refractivity (Wildman–Crippen MR) is 98.4 cm³/mol. The van der Waals surface area contributed by atoms with Gasteiger partial charge in [-0.3, -0.25) is 0 Å². The molecule has 2 rings (SSSR count). The van der Waals surface area contributed by atoms with Crippen LogP contribution in [0, 0.1) is 6.92 Å². The van der Waals surface area contributed by atoms with Crippen molar-refractivity contribution in [3.05, 3.63) is 71.8 Å². The molecule has 0 aliphatic heterocycles. The smallest absolute Gasteiger partial charge is 0.335 e. The maximum Gasteiger partial charge on any atom is 0.335 e. The van der Waals surface area contributed by atoms with Crippen LogP contribution in [-0.2, 0) is 19.6 Å². The quantitative estimate of drug-likeness (QED) is 0.594. The molecule has 0 saturated heterocycles. The number of esters is 1. The molecule has 0 heterocycles. The highest BCUT2D eigenvalue weighted by atomic mass is 32.2. The number of benzene rings is 2. The van der Waals surface area contributed by atoms with E-state index in [1.807, 2.05) is 6.92 Å². The van der Waals surface area contributed by atoms with Gasteiger partial charge in [-0.25, -0.2) is 13.2 Å². The van der Waals surface area contributed by atoms with Gasteiger partial charge in [-0.05, 0) is 36.8 Å². The van der Waals surface area contributed by atoms with E-state index < -0.39 is 22.0 Å². The molecular formula is C19H21NO5S. The molecular weight excluding hydrogens is 354 g/mol. The second-order valence-electron chi connectivity index (χ2n) is 5.66. The second-order valence-corrected chi connectivity index (χ2v) is 7.37. The fourth-order valence-electron chi connectivity index (χ4n) is 2.33. The highest BCUT2D eigenvalue weighted by molar-refractivity contribution is 7.89. The molecule has 0 radical (unpaired) electrons. The number of hydrogen-bond donors (Lipinski definition) is 1. The minimum atomic E-state index is -3.88. The molecule has 0 aromatic heterocycles. The number of carbonyl (C=O) groups excluding carboxylic acids is 1. The van der Waals surface area contributed by atoms with Crippen LogP contribution in [0.4, 0.5) is 0 Å². The summed E-state index contributed by atoms with van der Waals surface area (Å²) >= 11 is 0. The van der Waals surface area contributed by atoms with E-state index in [0.29, 0.717) is 11.3 Å². The Hall–Kier alpha value is -2.64. The van der Waals surface area contributed by atoms with Crippen LogP contribution < -0.4 is 9.46 Å². The third-order valence-corrected chi connectivity index (χ3v) is 5.29. The molecule has 7 heteroatoms. The normalized spacial score (nSPS) is 12.3. The highest BCUT2D eigenvalue weighted by Crippen LogP contribution is 2.26. The van der Waals surface area contributed by atoms with Crippen LogP contribution in [0.25, 0.3) is 0 Å². The Balaban J connectivity index is 2.41. The number of sulfonamides is 1. The monoisotopic (exact) mass is 375 g/mol. The maximum absolute atomic E-state index is 12.7. The first kappa shape index (κ1) is 19.7. The van der Waals surface area contributed by atoms with Crippen LogP contribution in [0.5, 0.6) is 5.75 Å². The zero-order valence-corrected chi connectivity index (χ0v) is 15.7. The summed E-state index contributed by atoms with van der Waals surface area (Å²) in [4.78, 5) is 12.0. The first-order valence-electron chi connectivity index (χ1n) is 7.78. The predicted octanol–water partition coefficient (Wildman–Crippen LogP) is 2.75. The van der Waals surface area contributed by atoms with Crippen LogP contribution in [-0.4, -0.2) is 28.6 Å². The third-order valence-electron chi connectivity index (χ3n) is 3.85. The lowest BCUT2D eigenvalue weighted by Crippen LogP contribution is -2.32. The summed E-state index contributed by atoms with van der Waals surface area (Å²) in [7, 11) is -1.13. The van der Waals surface area contributed by atoms with Gasteiger partial charge in [-0.1, -0.05) is 36.4 Å². The Labute approximate surface area is 153 Å². The van der Waals surface area contributed by atoms with E-state index in [4.69, 9.17) is 9.47 Å². The molecule has 138 valence electrons. The van der Waals surface area contributed by atoms with Crippen molar-refractivity contribution in [1.82, 2.24) is 4.72 Å². The molecule has 1 atom stereocenters. The number of nitrogens with one attached hydrogen (secondary N) is 1. The largest absolute Gasteiger partial charge is 0.497 e. The van der Waals surface area contributed by atoms with E-state index in [0.717, 1.165) is 5.56 Å². The van der Waals surface area contributed by atoms with E-state index in [-0.39, 0.29) is 10.5 Å². The van der Waals surface area contributed by atoms with Crippen LogP contribution in [0.2, 0.25) is 0 Å². The van der Waals surface area contributed by atoms with Gasteiger partial charge in [0.05, 0.1) is 30.7 Å². The molecule has 0 amide bonds. The Morgan fingerprint density at radius 3 is 2.12 bits per heavy atom. The Morgan fingerprint density at radius 1 is 1.04 bits per heavy atom. The second kappa shape index (κ2) is 8.16. The average molecular weight is 375 g/mol. The molecule has 0 saturated carbocycles. The van der Waals surface area contributed by atoms with Crippen LogP contribution >= 0.6 is 0 Å². The zero-order chi connectivity index (χ0) is 19.3. The van der Waals surface area contributed by atoms with Gasteiger partial charge >= 0.3 is 5.97 Å². The topological polar surface area (TPSA) is 81.7 Å². The number of rotatable bonds is 7. The van der Waals surface area contributed by atoms with Gasteiger partial charge in [-0.2, -0.15) is 4.72 Å². The van der Waals surface area contributed by atoms with Crippen molar-refractivity contribution in [3.8, 4) is 5.75 Å². The number of ether oxygens (including phenoxy) is 2. The van der Waals surface area contributed by atoms with E-state index in [1.165, 1.54) is 26.4 Å². The molecule has 0 aliphatic rings. The zero-order valence-electron chi connectivity index (χ0n) is 14.9. The first-order chi connectivity index (χ1) is 12.3. The average Bonchev–Trinajstić information content (AvgIpc) is 2.65. The summed E-state index contributed by atoms with van der Waals surface area (Å²) in [5.74, 6) is -0.0880. The lowest BCUT2D eigenvalue weighted by Gasteiger charge is -2.20. The van der Waals surface area contributed by atoms with Crippen LogP contribution in [0.15, 0.2) is 65.6 Å². The van der Waals surface area contributed by atoms with Gasteiger partial charge in [0.25, 0.3) is 0 Å². The van der Waals surface area contributed by atoms with Gasteiger partial charge in [0.2, 0.25) is 10.0 Å². The summed E-state index contributed by atoms with van der Waals surface area (Å²) < 4.78 is 37.8. The number of methoxy groups -OCH3 is 2. The van der Waals surface area contributed by atoms with Crippen molar-refractivity contribution in [2.24, 2.45) is 0 Å². The highest BCUT2D eigenvalue weighted by Gasteiger charge is 2.27. The number of aryl methyl sites for hydroxylation is 1. The molecule has 0 unspecified atom stereocenters. The standard InChI is InChI=1S/C19H21NO5S/c1-13-5-11-17(12-6-13)26(22,23)20-18(14(2)19(21)25-4)15-7-9-16(24-3)10-8-15/h5-12,18,20H,2H2,1,3-4H3/t18-/m1/s1. The Kier molecular flexibility index (Phi) is 6.18. The number of carbonyl (C=O) groups is 1. The van der Waals surface area contributed by atoms with E-state index >= 15 is 0 Å². The molecule has 0 aliphatic carbocycles. The fraction of sp³-hybridized carbons (Fsp3) is 0.211. The molecule has 0 bridgehead atoms. The van der Waals surface area contributed by atoms with Crippen LogP contribution in [0.3, 0.4) is 0 Å². The Morgan fingerprint density at radius 2 is 1.62 bits per heavy atom. The molecule has 0 spiro atoms. The molecule has 26 heavy (non-hydrogen) atoms. The van der Waals surface area contributed by atoms with Crippen molar-refractivity contribution < 1.29 is 22.7 Å². The van der Waals surface area contributed by atoms with Crippen molar-refractivity contribution in [2.45, 2.75) is 17.9 Å². The minimum absolute atomic E-state index is 0.0200. The van der Waals surface area contributed by atoms with Gasteiger partial charge in [0, 0.05) is 0 Å². The van der Waals surface area contributed by atoms with Gasteiger partial charge < -0.3 is 9.47 Å². The fourth-order valence-corrected chi connectivity index (χ4v) is 3.55. The molecule has 0 fully saturated rings. The van der Waals surface area contributed by atoms with Gasteiger partial charge in [0.1, 0.15) is 5.75 Å². The van der Waals surface area contributed by atoms with Crippen molar-refractivity contribution in [2.75, 3.05) is 14.2 Å². The summed E-state index contributed by atoms with van der Waals surface area (Å²) in [6, 6.07) is 12.1. The van der Waals surface area contributed by atoms with E-state index in [9.17, 15) is 13.2 Å². The third kappa shape index (κ3) is 4.50. The van der Waals surface area contributed by atoms with Gasteiger partial charge in [0.15, 0.2) is 0 Å². The van der Waals surface area contributed by atoms with Crippen molar-refractivity contribution in [1.29, 1.82) is 0 Å². The summed E-state index contributed by atoms with van der Waals surface area (Å²) in [5.41, 5.74) is 1.46. The van der Waals surface area contributed by atoms with Crippen molar-refractivity contribution >= 4 is 16.0 Å². The number of hydrogen-bond acceptors (Lipinski definition) is 5.